The Morgan fingerprint density at radius 1 is 0.278 bits per heavy atom. The lowest BCUT2D eigenvalue weighted by molar-refractivity contribution is 1.13. The van der Waals surface area contributed by atoms with Crippen molar-refractivity contribution in [2.45, 2.75) is 13.8 Å². The number of fused-ring (bicyclic) bond motifs is 6. The molecule has 2 heteroatoms. The minimum atomic E-state index is 1.16. The Kier molecular flexibility index (Phi) is 6.72. The first-order valence-electron chi connectivity index (χ1n) is 18.7. The molecular formula is C52H36N2. The van der Waals surface area contributed by atoms with Crippen LogP contribution < -0.4 is 0 Å². The second-order valence-corrected chi connectivity index (χ2v) is 14.9. The first-order valence-corrected chi connectivity index (χ1v) is 18.7. The van der Waals surface area contributed by atoms with E-state index in [0.29, 0.717) is 0 Å². The highest BCUT2D eigenvalue weighted by Gasteiger charge is 2.19. The van der Waals surface area contributed by atoms with E-state index in [2.05, 4.69) is 205 Å². The van der Waals surface area contributed by atoms with Gasteiger partial charge < -0.3 is 9.13 Å². The zero-order chi connectivity index (χ0) is 35.9. The standard InChI is InChI=1S/C52H36N2/c1-33-11-15-35(16-12-33)49-29-45-31-52-46(32-51(45)53(49)47-21-19-41-23-37-7-3-5-9-39(37)25-43(41)27-47)30-50(36-17-13-34(2)14-18-36)54(52)48-22-20-42-24-38-8-4-6-10-40(38)26-44(42)28-48/h3-32H,1-2H3. The van der Waals surface area contributed by atoms with E-state index in [4.69, 9.17) is 0 Å². The van der Waals surface area contributed by atoms with E-state index in [1.165, 1.54) is 98.5 Å². The zero-order valence-corrected chi connectivity index (χ0v) is 30.2. The minimum Gasteiger partial charge on any atom is -0.309 e. The Morgan fingerprint density at radius 3 is 1.02 bits per heavy atom. The maximum Gasteiger partial charge on any atom is 0.0542 e. The second-order valence-electron chi connectivity index (χ2n) is 14.9. The van der Waals surface area contributed by atoms with Crippen LogP contribution in [0.5, 0.6) is 0 Å². The van der Waals surface area contributed by atoms with Crippen LogP contribution in [0.3, 0.4) is 0 Å². The van der Waals surface area contributed by atoms with Crippen LogP contribution in [0.25, 0.3) is 98.8 Å². The summed E-state index contributed by atoms with van der Waals surface area (Å²) in [5.74, 6) is 0. The number of aryl methyl sites for hydroxylation is 2. The SMILES string of the molecule is Cc1ccc(-c2cc3cc4c(cc(-c5ccc(C)cc5)n4-c4ccc5cc6ccccc6cc5c4)cc3n2-c2ccc3cc4ccccc4cc3c2)cc1. The van der Waals surface area contributed by atoms with Gasteiger partial charge in [-0.25, -0.2) is 0 Å². The Balaban J connectivity index is 1.18. The summed E-state index contributed by atoms with van der Waals surface area (Å²) in [6.45, 7) is 4.30. The van der Waals surface area contributed by atoms with Crippen molar-refractivity contribution in [3.8, 4) is 33.9 Å². The van der Waals surface area contributed by atoms with Gasteiger partial charge in [-0.1, -0.05) is 120 Å². The van der Waals surface area contributed by atoms with Gasteiger partial charge in [0.1, 0.15) is 0 Å². The topological polar surface area (TPSA) is 9.86 Å². The maximum atomic E-state index is 2.46. The van der Waals surface area contributed by atoms with E-state index in [1.54, 1.807) is 0 Å². The molecule has 2 aromatic heterocycles. The molecule has 2 heterocycles. The molecule has 0 aliphatic carbocycles. The average Bonchev–Trinajstić information content (AvgIpc) is 3.76. The molecule has 0 bridgehead atoms. The molecule has 11 aromatic rings. The first kappa shape index (κ1) is 30.7. The van der Waals surface area contributed by atoms with Gasteiger partial charge >= 0.3 is 0 Å². The molecule has 0 atom stereocenters. The molecule has 0 fully saturated rings. The quantitative estimate of drug-likeness (QED) is 0.163. The molecule has 54 heavy (non-hydrogen) atoms. The first-order chi connectivity index (χ1) is 26.5. The summed E-state index contributed by atoms with van der Waals surface area (Å²) in [6.07, 6.45) is 0. The number of aromatic nitrogens is 2. The molecule has 0 saturated heterocycles. The molecular weight excluding hydrogens is 653 g/mol. The summed E-state index contributed by atoms with van der Waals surface area (Å²) in [5.41, 5.74) is 12.0. The van der Waals surface area contributed by atoms with Crippen LogP contribution >= 0.6 is 0 Å². The molecule has 2 nitrogen and oxygen atoms in total. The lowest BCUT2D eigenvalue weighted by atomic mass is 10.0. The third-order valence-corrected chi connectivity index (χ3v) is 11.3. The highest BCUT2D eigenvalue weighted by atomic mass is 15.0. The largest absolute Gasteiger partial charge is 0.309 e. The van der Waals surface area contributed by atoms with Crippen molar-refractivity contribution >= 4 is 64.9 Å². The molecule has 0 radical (unpaired) electrons. The van der Waals surface area contributed by atoms with E-state index in [9.17, 15) is 0 Å². The van der Waals surface area contributed by atoms with Gasteiger partial charge in [0.25, 0.3) is 0 Å². The highest BCUT2D eigenvalue weighted by molar-refractivity contribution is 6.04. The third-order valence-electron chi connectivity index (χ3n) is 11.3. The van der Waals surface area contributed by atoms with Crippen molar-refractivity contribution in [3.63, 3.8) is 0 Å². The lowest BCUT2D eigenvalue weighted by Gasteiger charge is -2.14. The second kappa shape index (κ2) is 11.8. The summed E-state index contributed by atoms with van der Waals surface area (Å²) in [6, 6.07) is 67.7. The monoisotopic (exact) mass is 688 g/mol. The van der Waals surface area contributed by atoms with E-state index in [-0.39, 0.29) is 0 Å². The molecule has 0 aliphatic heterocycles. The third kappa shape index (κ3) is 4.95. The van der Waals surface area contributed by atoms with Gasteiger partial charge in [-0.2, -0.15) is 0 Å². The van der Waals surface area contributed by atoms with Crippen LogP contribution in [-0.2, 0) is 0 Å². The number of rotatable bonds is 4. The molecule has 0 spiro atoms. The number of hydrogen-bond donors (Lipinski definition) is 0. The van der Waals surface area contributed by atoms with Crippen LogP contribution in [0, 0.1) is 13.8 Å². The van der Waals surface area contributed by atoms with E-state index >= 15 is 0 Å². The minimum absolute atomic E-state index is 1.16. The molecule has 0 saturated carbocycles. The fraction of sp³-hybridized carbons (Fsp3) is 0.0385. The van der Waals surface area contributed by atoms with Crippen LogP contribution in [0.4, 0.5) is 0 Å². The van der Waals surface area contributed by atoms with Gasteiger partial charge in [0.2, 0.25) is 0 Å². The van der Waals surface area contributed by atoms with Crippen molar-refractivity contribution in [2.75, 3.05) is 0 Å². The number of benzene rings is 9. The Labute approximate surface area is 313 Å². The normalized spacial score (nSPS) is 11.9. The van der Waals surface area contributed by atoms with Gasteiger partial charge in [-0.15, -0.1) is 0 Å². The Bertz CT molecular complexity index is 3040. The van der Waals surface area contributed by atoms with Crippen LogP contribution in [0.1, 0.15) is 11.1 Å². The molecule has 254 valence electrons. The molecule has 0 N–H and O–H groups in total. The summed E-state index contributed by atoms with van der Waals surface area (Å²) in [7, 11) is 0. The summed E-state index contributed by atoms with van der Waals surface area (Å²) in [4.78, 5) is 0. The van der Waals surface area contributed by atoms with E-state index < -0.39 is 0 Å². The van der Waals surface area contributed by atoms with E-state index in [1.807, 2.05) is 0 Å². The van der Waals surface area contributed by atoms with Crippen LogP contribution in [0.2, 0.25) is 0 Å². The summed E-state index contributed by atoms with van der Waals surface area (Å²) in [5, 5.41) is 12.4. The van der Waals surface area contributed by atoms with Crippen LogP contribution in [-0.4, -0.2) is 9.13 Å². The zero-order valence-electron chi connectivity index (χ0n) is 30.2. The van der Waals surface area contributed by atoms with Gasteiger partial charge in [0.15, 0.2) is 0 Å². The molecule has 0 unspecified atom stereocenters. The molecule has 0 amide bonds. The molecule has 0 aliphatic rings. The van der Waals surface area contributed by atoms with Gasteiger partial charge in [0.05, 0.1) is 22.4 Å². The number of hydrogen-bond acceptors (Lipinski definition) is 0. The fourth-order valence-corrected chi connectivity index (χ4v) is 8.47. The van der Waals surface area contributed by atoms with Crippen molar-refractivity contribution < 1.29 is 0 Å². The number of nitrogens with zero attached hydrogens (tertiary/aromatic N) is 2. The van der Waals surface area contributed by atoms with E-state index in [0.717, 1.165) is 11.4 Å². The van der Waals surface area contributed by atoms with Gasteiger partial charge in [-0.3, -0.25) is 0 Å². The van der Waals surface area contributed by atoms with Crippen molar-refractivity contribution in [1.29, 1.82) is 0 Å². The summed E-state index contributed by atoms with van der Waals surface area (Å²) >= 11 is 0. The Morgan fingerprint density at radius 2 is 0.630 bits per heavy atom. The maximum absolute atomic E-state index is 2.46. The smallest absolute Gasteiger partial charge is 0.0542 e. The predicted molar refractivity (Wildman–Crippen MR) is 230 cm³/mol. The fourth-order valence-electron chi connectivity index (χ4n) is 8.47. The average molecular weight is 689 g/mol. The van der Waals surface area contributed by atoms with Crippen molar-refractivity contribution in [1.82, 2.24) is 9.13 Å². The van der Waals surface area contributed by atoms with Crippen molar-refractivity contribution in [2.24, 2.45) is 0 Å². The van der Waals surface area contributed by atoms with Gasteiger partial charge in [-0.05, 0) is 141 Å². The van der Waals surface area contributed by atoms with Crippen molar-refractivity contribution in [3.05, 3.63) is 193 Å². The Hall–Kier alpha value is -6.90. The van der Waals surface area contributed by atoms with Gasteiger partial charge in [0, 0.05) is 22.1 Å². The molecule has 9 aromatic carbocycles. The lowest BCUT2D eigenvalue weighted by Crippen LogP contribution is -1.98. The summed E-state index contributed by atoms with van der Waals surface area (Å²) < 4.78 is 4.91. The van der Waals surface area contributed by atoms with Crippen LogP contribution in [0.15, 0.2) is 182 Å². The highest BCUT2D eigenvalue weighted by Crippen LogP contribution is 2.40. The molecule has 11 rings (SSSR count). The predicted octanol–water partition coefficient (Wildman–Crippen LogP) is 14.1.